The Balaban J connectivity index is 1.49. The minimum atomic E-state index is 0.347. The highest BCUT2D eigenvalue weighted by Crippen LogP contribution is 2.41. The zero-order valence-corrected chi connectivity index (χ0v) is 17.7. The number of rotatable bonds is 8. The number of methoxy groups -OCH3 is 2. The Bertz CT molecular complexity index is 979. The molecule has 1 fully saturated rings. The van der Waals surface area contributed by atoms with Gasteiger partial charge in [0.1, 0.15) is 12.4 Å². The zero-order chi connectivity index (χ0) is 21.5. The van der Waals surface area contributed by atoms with E-state index in [1.54, 1.807) is 32.7 Å². The van der Waals surface area contributed by atoms with Crippen LogP contribution < -0.4 is 29.7 Å². The van der Waals surface area contributed by atoms with Crippen LogP contribution in [-0.2, 0) is 6.61 Å². The van der Waals surface area contributed by atoms with Crippen molar-refractivity contribution in [1.82, 2.24) is 20.3 Å². The van der Waals surface area contributed by atoms with E-state index in [0.29, 0.717) is 29.8 Å². The molecule has 0 saturated carbocycles. The average molecular weight is 422 g/mol. The van der Waals surface area contributed by atoms with Gasteiger partial charge in [0.25, 0.3) is 0 Å². The number of piperazine rings is 1. The molecule has 1 aliphatic heterocycles. The Morgan fingerprint density at radius 2 is 1.77 bits per heavy atom. The fourth-order valence-electron chi connectivity index (χ4n) is 3.35. The van der Waals surface area contributed by atoms with Gasteiger partial charge in [0, 0.05) is 68.2 Å². The van der Waals surface area contributed by atoms with Crippen LogP contribution in [0, 0.1) is 0 Å². The van der Waals surface area contributed by atoms with Gasteiger partial charge >= 0.3 is 0 Å². The second-order valence-electron chi connectivity index (χ2n) is 6.96. The second kappa shape index (κ2) is 9.94. The number of hydrogen-bond donors (Lipinski definition) is 2. The second-order valence-corrected chi connectivity index (χ2v) is 6.96. The molecule has 9 heteroatoms. The summed E-state index contributed by atoms with van der Waals surface area (Å²) in [6.45, 7) is 4.23. The fraction of sp³-hybridized carbons (Fsp3) is 0.318. The van der Waals surface area contributed by atoms with Gasteiger partial charge in [0.15, 0.2) is 11.5 Å². The Morgan fingerprint density at radius 1 is 1.00 bits per heavy atom. The third kappa shape index (κ3) is 5.13. The molecule has 9 nitrogen and oxygen atoms in total. The molecule has 1 aliphatic rings. The Hall–Kier alpha value is -3.59. The Kier molecular flexibility index (Phi) is 6.63. The summed E-state index contributed by atoms with van der Waals surface area (Å²) in [5, 5.41) is 6.50. The van der Waals surface area contributed by atoms with E-state index in [2.05, 4.69) is 30.5 Å². The van der Waals surface area contributed by atoms with Crippen molar-refractivity contribution in [1.29, 1.82) is 0 Å². The van der Waals surface area contributed by atoms with Gasteiger partial charge in [0.2, 0.25) is 11.7 Å². The largest absolute Gasteiger partial charge is 0.493 e. The SMILES string of the molecule is COc1cc(Nc2ncccn2)cc(OCc2ccc(N3CCNCC3)nc2)c1OC. The Labute approximate surface area is 181 Å². The molecular weight excluding hydrogens is 396 g/mol. The maximum absolute atomic E-state index is 6.07. The zero-order valence-electron chi connectivity index (χ0n) is 17.7. The van der Waals surface area contributed by atoms with Crippen LogP contribution in [-0.4, -0.2) is 55.4 Å². The standard InChI is InChI=1S/C22H26N6O3/c1-29-18-12-17(27-22-24-6-3-7-25-22)13-19(21(18)30-2)31-15-16-4-5-20(26-14-16)28-10-8-23-9-11-28/h3-7,12-14,23H,8-11,15H2,1-2H3,(H,24,25,27). The van der Waals surface area contributed by atoms with E-state index in [4.69, 9.17) is 14.2 Å². The molecule has 1 saturated heterocycles. The third-order valence-electron chi connectivity index (χ3n) is 4.91. The van der Waals surface area contributed by atoms with Crippen LogP contribution in [0.15, 0.2) is 48.9 Å². The number of ether oxygens (including phenoxy) is 3. The molecule has 0 radical (unpaired) electrons. The van der Waals surface area contributed by atoms with Crippen molar-refractivity contribution >= 4 is 17.5 Å². The summed E-state index contributed by atoms with van der Waals surface area (Å²) in [5.41, 5.74) is 1.69. The average Bonchev–Trinajstić information content (AvgIpc) is 2.84. The third-order valence-corrected chi connectivity index (χ3v) is 4.91. The number of benzene rings is 1. The van der Waals surface area contributed by atoms with Gasteiger partial charge in [-0.25, -0.2) is 15.0 Å². The minimum absolute atomic E-state index is 0.347. The summed E-state index contributed by atoms with van der Waals surface area (Å²) in [7, 11) is 3.17. The van der Waals surface area contributed by atoms with Crippen LogP contribution in [0.1, 0.15) is 5.56 Å². The van der Waals surface area contributed by atoms with Crippen molar-refractivity contribution in [2.24, 2.45) is 0 Å². The van der Waals surface area contributed by atoms with Crippen LogP contribution >= 0.6 is 0 Å². The van der Waals surface area contributed by atoms with E-state index in [9.17, 15) is 0 Å². The molecule has 0 spiro atoms. The van der Waals surface area contributed by atoms with Crippen molar-refractivity contribution in [3.8, 4) is 17.2 Å². The first-order valence-electron chi connectivity index (χ1n) is 10.1. The maximum Gasteiger partial charge on any atom is 0.227 e. The summed E-state index contributed by atoms with van der Waals surface area (Å²) in [5.74, 6) is 3.08. The van der Waals surface area contributed by atoms with Gasteiger partial charge < -0.3 is 29.7 Å². The molecule has 0 atom stereocenters. The van der Waals surface area contributed by atoms with Gasteiger partial charge in [-0.15, -0.1) is 0 Å². The minimum Gasteiger partial charge on any atom is -0.493 e. The van der Waals surface area contributed by atoms with Gasteiger partial charge in [-0.2, -0.15) is 0 Å². The van der Waals surface area contributed by atoms with Crippen molar-refractivity contribution in [3.05, 3.63) is 54.5 Å². The maximum atomic E-state index is 6.07. The number of anilines is 3. The lowest BCUT2D eigenvalue weighted by atomic mass is 10.2. The first kappa shape index (κ1) is 20.7. The number of nitrogens with zero attached hydrogens (tertiary/aromatic N) is 4. The molecule has 4 rings (SSSR count). The summed E-state index contributed by atoms with van der Waals surface area (Å²) in [4.78, 5) is 15.3. The molecule has 162 valence electrons. The van der Waals surface area contributed by atoms with Gasteiger partial charge in [-0.1, -0.05) is 6.07 Å². The summed E-state index contributed by atoms with van der Waals surface area (Å²) >= 11 is 0. The monoisotopic (exact) mass is 422 g/mol. The molecule has 2 N–H and O–H groups in total. The lowest BCUT2D eigenvalue weighted by molar-refractivity contribution is 0.275. The number of hydrogen-bond acceptors (Lipinski definition) is 9. The molecule has 3 heterocycles. The van der Waals surface area contributed by atoms with Gasteiger partial charge in [-0.3, -0.25) is 0 Å². The number of nitrogens with one attached hydrogen (secondary N) is 2. The molecule has 0 aliphatic carbocycles. The van der Waals surface area contributed by atoms with Crippen LogP contribution in [0.3, 0.4) is 0 Å². The van der Waals surface area contributed by atoms with E-state index < -0.39 is 0 Å². The van der Waals surface area contributed by atoms with Crippen molar-refractivity contribution < 1.29 is 14.2 Å². The normalized spacial score (nSPS) is 13.5. The molecule has 0 unspecified atom stereocenters. The summed E-state index contributed by atoms with van der Waals surface area (Å²) in [6, 6.07) is 9.47. The smallest absolute Gasteiger partial charge is 0.227 e. The molecule has 0 bridgehead atoms. The topological polar surface area (TPSA) is 93.7 Å². The predicted octanol–water partition coefficient (Wildman–Crippen LogP) is 2.62. The van der Waals surface area contributed by atoms with E-state index in [1.807, 2.05) is 30.5 Å². The van der Waals surface area contributed by atoms with E-state index in [0.717, 1.165) is 43.2 Å². The van der Waals surface area contributed by atoms with Crippen LogP contribution in [0.5, 0.6) is 17.2 Å². The van der Waals surface area contributed by atoms with E-state index in [1.165, 1.54) is 0 Å². The van der Waals surface area contributed by atoms with Gasteiger partial charge in [0.05, 0.1) is 14.2 Å². The molecule has 0 amide bonds. The van der Waals surface area contributed by atoms with E-state index >= 15 is 0 Å². The van der Waals surface area contributed by atoms with Crippen LogP contribution in [0.25, 0.3) is 0 Å². The van der Waals surface area contributed by atoms with Crippen molar-refractivity contribution in [3.63, 3.8) is 0 Å². The number of aromatic nitrogens is 3. The van der Waals surface area contributed by atoms with Crippen molar-refractivity contribution in [2.75, 3.05) is 50.6 Å². The summed E-state index contributed by atoms with van der Waals surface area (Å²) in [6.07, 6.45) is 5.19. The fourth-order valence-corrected chi connectivity index (χ4v) is 3.35. The lowest BCUT2D eigenvalue weighted by Gasteiger charge is -2.28. The van der Waals surface area contributed by atoms with Crippen LogP contribution in [0.4, 0.5) is 17.5 Å². The quantitative estimate of drug-likeness (QED) is 0.568. The molecule has 2 aromatic heterocycles. The predicted molar refractivity (Wildman–Crippen MR) is 119 cm³/mol. The number of pyridine rings is 1. The Morgan fingerprint density at radius 3 is 2.45 bits per heavy atom. The lowest BCUT2D eigenvalue weighted by Crippen LogP contribution is -2.43. The summed E-state index contributed by atoms with van der Waals surface area (Å²) < 4.78 is 17.1. The molecule has 1 aromatic carbocycles. The first-order valence-corrected chi connectivity index (χ1v) is 10.1. The van der Waals surface area contributed by atoms with E-state index in [-0.39, 0.29) is 0 Å². The molecule has 3 aromatic rings. The molecule has 31 heavy (non-hydrogen) atoms. The highest BCUT2D eigenvalue weighted by molar-refractivity contribution is 5.65. The highest BCUT2D eigenvalue weighted by atomic mass is 16.5. The van der Waals surface area contributed by atoms with Crippen molar-refractivity contribution in [2.45, 2.75) is 6.61 Å². The highest BCUT2D eigenvalue weighted by Gasteiger charge is 2.16. The molecular formula is C22H26N6O3. The van der Waals surface area contributed by atoms with Gasteiger partial charge in [-0.05, 0) is 12.1 Å². The first-order chi connectivity index (χ1) is 15.3. The van der Waals surface area contributed by atoms with Crippen LogP contribution in [0.2, 0.25) is 0 Å².